The van der Waals surface area contributed by atoms with Crippen molar-refractivity contribution in [3.05, 3.63) is 207 Å². The summed E-state index contributed by atoms with van der Waals surface area (Å²) >= 11 is 0. The number of morpholine rings is 1. The maximum absolute atomic E-state index is 16.9. The molecule has 0 radical (unpaired) electrons. The number of esters is 1. The Bertz CT molecular complexity index is 3140. The third-order valence-electron chi connectivity index (χ3n) is 15.0. The zero-order valence-electron chi connectivity index (χ0n) is 42.2. The first-order valence-corrected chi connectivity index (χ1v) is 25.9. The number of aliphatic hydroxyl groups is 1. The maximum atomic E-state index is 16.9. The van der Waals surface area contributed by atoms with Gasteiger partial charge < -0.3 is 24.2 Å². The van der Waals surface area contributed by atoms with Crippen molar-refractivity contribution in [3.63, 3.8) is 0 Å². The number of hydrogen-bond acceptors (Lipinski definition) is 12. The van der Waals surface area contributed by atoms with Gasteiger partial charge in [-0.05, 0) is 84.1 Å². The largest absolute Gasteiger partial charge is 0.491 e. The number of likely N-dealkylation sites (tertiary alicyclic amines) is 1. The number of nitro benzene ring substituents is 1. The Morgan fingerprint density at radius 1 is 0.789 bits per heavy atom. The van der Waals surface area contributed by atoms with Gasteiger partial charge in [-0.25, -0.2) is 9.69 Å². The highest BCUT2D eigenvalue weighted by Crippen LogP contribution is 2.67. The number of cyclic esters (lactones) is 1. The molecule has 6 unspecified atom stereocenters. The van der Waals surface area contributed by atoms with Gasteiger partial charge in [0.25, 0.3) is 5.69 Å². The fourth-order valence-corrected chi connectivity index (χ4v) is 11.7. The molecule has 6 atom stereocenters. The van der Waals surface area contributed by atoms with Gasteiger partial charge in [0.2, 0.25) is 11.8 Å². The molecular formula is C61H59N5O10. The van der Waals surface area contributed by atoms with Crippen LogP contribution in [0.25, 0.3) is 0 Å². The van der Waals surface area contributed by atoms with Crippen LogP contribution in [0.1, 0.15) is 89.2 Å². The molecule has 0 bridgehead atoms. The molecule has 15 nitrogen and oxygen atoms in total. The van der Waals surface area contributed by atoms with Gasteiger partial charge in [-0.15, -0.1) is 0 Å². The van der Waals surface area contributed by atoms with E-state index in [1.54, 1.807) is 41.3 Å². The van der Waals surface area contributed by atoms with Crippen LogP contribution in [0, 0.1) is 27.9 Å². The molecule has 3 saturated heterocycles. The van der Waals surface area contributed by atoms with Gasteiger partial charge in [0, 0.05) is 42.9 Å². The summed E-state index contributed by atoms with van der Waals surface area (Å²) in [5.41, 5.74) is 2.09. The van der Waals surface area contributed by atoms with Crippen LogP contribution in [0.4, 0.5) is 16.2 Å². The fourth-order valence-electron chi connectivity index (χ4n) is 11.7. The number of benzene rings is 6. The summed E-state index contributed by atoms with van der Waals surface area (Å²) in [6, 6.07) is 43.3. The first-order chi connectivity index (χ1) is 37.1. The van der Waals surface area contributed by atoms with Crippen molar-refractivity contribution in [1.82, 2.24) is 14.7 Å². The first-order valence-electron chi connectivity index (χ1n) is 25.9. The lowest BCUT2D eigenvalue weighted by molar-refractivity contribution is -0.384. The van der Waals surface area contributed by atoms with E-state index >= 15 is 19.2 Å². The van der Waals surface area contributed by atoms with E-state index < -0.39 is 64.4 Å². The Labute approximate surface area is 441 Å². The fraction of sp³-hybridized carbons (Fsp3) is 0.311. The summed E-state index contributed by atoms with van der Waals surface area (Å²) in [4.78, 5) is 81.9. The number of fused-ring (bicyclic) bond motifs is 3. The lowest BCUT2D eigenvalue weighted by Gasteiger charge is -2.46. The molecule has 0 aromatic heterocycles. The number of carbonyl (C=O) groups excluding carboxylic acids is 4. The number of nitro groups is 1. The Kier molecular flexibility index (Phi) is 15.4. The lowest BCUT2D eigenvalue weighted by Crippen LogP contribution is -2.56. The van der Waals surface area contributed by atoms with Crippen LogP contribution in [0.2, 0.25) is 0 Å². The van der Waals surface area contributed by atoms with Gasteiger partial charge in [-0.3, -0.25) is 34.3 Å². The zero-order chi connectivity index (χ0) is 52.8. The SMILES string of the molecule is CN(CC#Cc1ccc2c(c1)C1(C(=O)N2C(=O)OCc2ccc([N+](=O)[O-])cc2)C(C(=O)N2CCCCCCC2)C2C(=O)OC(c3ccccc3)C(c3ccccc3)N2C1c1ccccc1OCCO)Cc1ccccc1. The molecule has 4 aliphatic rings. The highest BCUT2D eigenvalue weighted by Gasteiger charge is 2.76. The molecule has 0 aliphatic carbocycles. The molecule has 15 heteroatoms. The Morgan fingerprint density at radius 2 is 1.43 bits per heavy atom. The molecule has 4 aliphatic heterocycles. The van der Waals surface area contributed by atoms with Crippen molar-refractivity contribution in [3.8, 4) is 17.6 Å². The minimum absolute atomic E-state index is 0.114. The van der Waals surface area contributed by atoms with E-state index in [0.717, 1.165) is 35.3 Å². The van der Waals surface area contributed by atoms with Crippen LogP contribution in [-0.4, -0.2) is 94.5 Å². The van der Waals surface area contributed by atoms with Crippen molar-refractivity contribution < 1.29 is 43.4 Å². The number of anilines is 1. The monoisotopic (exact) mass is 1020 g/mol. The Balaban J connectivity index is 1.22. The van der Waals surface area contributed by atoms with Gasteiger partial charge in [0.1, 0.15) is 36.5 Å². The second-order valence-corrected chi connectivity index (χ2v) is 19.8. The number of ether oxygens (including phenoxy) is 3. The standard InChI is InChI=1S/C61H59N5O10/c1-62(40-43-19-8-5-9-20-43)34-18-21-42-30-33-50-49(39-42)61(59(70)64(50)60(71)75-41-44-28-31-47(32-29-44)66(72)73)52(57(68)63-35-16-3-2-4-17-36-63)54-58(69)76-55(46-24-12-7-13-25-46)53(45-22-10-6-11-23-45)65(54)56(61)48-26-14-15-27-51(48)74-38-37-67/h5-15,19-20,22-33,39,52-56,67H,2-4,16-17,34-38,40-41H2,1H3. The number of amides is 3. The van der Waals surface area contributed by atoms with Crippen molar-refractivity contribution in [1.29, 1.82) is 0 Å². The number of carbonyl (C=O) groups is 4. The van der Waals surface area contributed by atoms with Gasteiger partial charge in [-0.2, -0.15) is 0 Å². The van der Waals surface area contributed by atoms with Crippen LogP contribution >= 0.6 is 0 Å². The number of rotatable bonds is 13. The molecule has 6 aromatic carbocycles. The van der Waals surface area contributed by atoms with Gasteiger partial charge in [0.05, 0.1) is 41.8 Å². The van der Waals surface area contributed by atoms with Crippen LogP contribution in [-0.2, 0) is 42.4 Å². The second-order valence-electron chi connectivity index (χ2n) is 19.8. The van der Waals surface area contributed by atoms with Crippen LogP contribution < -0.4 is 9.64 Å². The smallest absolute Gasteiger partial charge is 0.421 e. The molecule has 1 spiro atoms. The number of imide groups is 1. The number of para-hydroxylation sites is 1. The van der Waals surface area contributed by atoms with Gasteiger partial charge >= 0.3 is 12.1 Å². The molecule has 388 valence electrons. The van der Waals surface area contributed by atoms with E-state index in [4.69, 9.17) is 14.2 Å². The summed E-state index contributed by atoms with van der Waals surface area (Å²) in [7, 11) is 1.97. The Morgan fingerprint density at radius 3 is 2.12 bits per heavy atom. The quantitative estimate of drug-likeness (QED) is 0.0504. The predicted molar refractivity (Wildman–Crippen MR) is 284 cm³/mol. The van der Waals surface area contributed by atoms with Crippen molar-refractivity contribution in [2.24, 2.45) is 5.92 Å². The van der Waals surface area contributed by atoms with Crippen LogP contribution in [0.5, 0.6) is 5.75 Å². The molecule has 1 N–H and O–H groups in total. The topological polar surface area (TPSA) is 172 Å². The number of non-ortho nitro benzene ring substituents is 1. The maximum Gasteiger partial charge on any atom is 0.421 e. The van der Waals surface area contributed by atoms with Gasteiger partial charge in [0.15, 0.2) is 0 Å². The summed E-state index contributed by atoms with van der Waals surface area (Å²) in [5.74, 6) is 3.48. The summed E-state index contributed by atoms with van der Waals surface area (Å²) < 4.78 is 19.1. The van der Waals surface area contributed by atoms with E-state index in [1.807, 2.05) is 109 Å². The molecule has 6 aromatic rings. The number of nitrogens with zero attached hydrogens (tertiary/aromatic N) is 5. The van der Waals surface area contributed by atoms with Crippen molar-refractivity contribution in [2.75, 3.05) is 44.8 Å². The first kappa shape index (κ1) is 51.3. The third kappa shape index (κ3) is 9.94. The molecule has 10 rings (SSSR count). The van der Waals surface area contributed by atoms with Crippen LogP contribution in [0.3, 0.4) is 0 Å². The molecule has 0 saturated carbocycles. The zero-order valence-corrected chi connectivity index (χ0v) is 42.2. The highest BCUT2D eigenvalue weighted by molar-refractivity contribution is 6.23. The average molecular weight is 1020 g/mol. The van der Waals surface area contributed by atoms with E-state index in [0.29, 0.717) is 67.0 Å². The summed E-state index contributed by atoms with van der Waals surface area (Å²) in [5, 5.41) is 21.7. The van der Waals surface area contributed by atoms with Gasteiger partial charge in [-0.1, -0.05) is 140 Å². The normalized spacial score (nSPS) is 22.2. The van der Waals surface area contributed by atoms with E-state index in [9.17, 15) is 15.2 Å². The predicted octanol–water partition coefficient (Wildman–Crippen LogP) is 9.24. The van der Waals surface area contributed by atoms with E-state index in [2.05, 4.69) is 16.7 Å². The lowest BCUT2D eigenvalue weighted by atomic mass is 9.64. The average Bonchev–Trinajstić information content (AvgIpc) is 4.08. The minimum atomic E-state index is -2.09. The van der Waals surface area contributed by atoms with Crippen LogP contribution in [0.15, 0.2) is 158 Å². The molecular weight excluding hydrogens is 963 g/mol. The van der Waals surface area contributed by atoms with Crippen molar-refractivity contribution >= 4 is 35.3 Å². The Hall–Kier alpha value is -8.16. The van der Waals surface area contributed by atoms with E-state index in [1.165, 1.54) is 24.3 Å². The molecule has 3 fully saturated rings. The number of aliphatic hydroxyl groups excluding tert-OH is 1. The summed E-state index contributed by atoms with van der Waals surface area (Å²) in [6.07, 6.45) is 2.21. The minimum Gasteiger partial charge on any atom is -0.491 e. The molecule has 4 heterocycles. The second kappa shape index (κ2) is 22.8. The van der Waals surface area contributed by atoms with E-state index in [-0.39, 0.29) is 36.8 Å². The molecule has 3 amide bonds. The highest BCUT2D eigenvalue weighted by atomic mass is 16.6. The summed E-state index contributed by atoms with van der Waals surface area (Å²) in [6.45, 7) is 0.994. The van der Waals surface area contributed by atoms with Crippen molar-refractivity contribution in [2.45, 2.75) is 74.9 Å². The number of hydrogen-bond donors (Lipinski definition) is 1. The molecule has 76 heavy (non-hydrogen) atoms. The third-order valence-corrected chi connectivity index (χ3v) is 15.0.